The maximum atomic E-state index is 13.3. The molecular weight excluding hydrogens is 271 g/mol. The SMILES string of the molecule is CC(CO)C(C)NC(=O)NC1CCCc2cc(F)ccc21. The molecule has 3 unspecified atom stereocenters. The van der Waals surface area contributed by atoms with Crippen molar-refractivity contribution in [2.45, 2.75) is 45.2 Å². The van der Waals surface area contributed by atoms with E-state index in [0.717, 1.165) is 30.4 Å². The number of rotatable bonds is 4. The quantitative estimate of drug-likeness (QED) is 0.799. The van der Waals surface area contributed by atoms with Crippen molar-refractivity contribution in [3.05, 3.63) is 35.1 Å². The third kappa shape index (κ3) is 3.94. The molecule has 5 heteroatoms. The van der Waals surface area contributed by atoms with Crippen molar-refractivity contribution < 1.29 is 14.3 Å². The molecule has 3 N–H and O–H groups in total. The van der Waals surface area contributed by atoms with Gasteiger partial charge in [0.05, 0.1) is 6.04 Å². The highest BCUT2D eigenvalue weighted by Gasteiger charge is 2.23. The molecule has 0 fully saturated rings. The van der Waals surface area contributed by atoms with Gasteiger partial charge in [-0.2, -0.15) is 0 Å². The number of aliphatic hydroxyl groups excluding tert-OH is 1. The van der Waals surface area contributed by atoms with E-state index in [1.807, 2.05) is 13.8 Å². The molecule has 116 valence electrons. The molecule has 0 saturated heterocycles. The molecule has 0 bridgehead atoms. The first-order valence-corrected chi connectivity index (χ1v) is 7.47. The van der Waals surface area contributed by atoms with Gasteiger partial charge in [-0.1, -0.05) is 13.0 Å². The van der Waals surface area contributed by atoms with Crippen LogP contribution in [0.1, 0.15) is 43.9 Å². The predicted octanol–water partition coefficient (Wildman–Crippen LogP) is 2.52. The molecule has 1 aromatic rings. The van der Waals surface area contributed by atoms with Crippen molar-refractivity contribution in [2.75, 3.05) is 6.61 Å². The van der Waals surface area contributed by atoms with Gasteiger partial charge in [-0.3, -0.25) is 0 Å². The summed E-state index contributed by atoms with van der Waals surface area (Å²) < 4.78 is 13.3. The van der Waals surface area contributed by atoms with E-state index in [0.29, 0.717) is 0 Å². The second kappa shape index (κ2) is 6.89. The first-order chi connectivity index (χ1) is 10.0. The number of aryl methyl sites for hydroxylation is 1. The molecule has 0 saturated carbocycles. The van der Waals surface area contributed by atoms with Gasteiger partial charge >= 0.3 is 6.03 Å². The molecule has 0 aliphatic heterocycles. The summed E-state index contributed by atoms with van der Waals surface area (Å²) in [5, 5.41) is 14.9. The molecule has 0 radical (unpaired) electrons. The highest BCUT2D eigenvalue weighted by atomic mass is 19.1. The van der Waals surface area contributed by atoms with Gasteiger partial charge in [0.25, 0.3) is 0 Å². The van der Waals surface area contributed by atoms with E-state index in [1.165, 1.54) is 6.07 Å². The second-order valence-corrected chi connectivity index (χ2v) is 5.85. The molecule has 2 rings (SSSR count). The van der Waals surface area contributed by atoms with E-state index in [1.54, 1.807) is 12.1 Å². The number of hydrogen-bond acceptors (Lipinski definition) is 2. The Balaban J connectivity index is 2.00. The van der Waals surface area contributed by atoms with Crippen LogP contribution in [0.3, 0.4) is 0 Å². The average Bonchev–Trinajstić information content (AvgIpc) is 2.46. The van der Waals surface area contributed by atoms with Crippen LogP contribution in [0, 0.1) is 11.7 Å². The van der Waals surface area contributed by atoms with Crippen LogP contribution < -0.4 is 10.6 Å². The lowest BCUT2D eigenvalue weighted by molar-refractivity contribution is 0.198. The van der Waals surface area contributed by atoms with Crippen LogP contribution in [-0.2, 0) is 6.42 Å². The molecule has 4 nitrogen and oxygen atoms in total. The average molecular weight is 294 g/mol. The fourth-order valence-electron chi connectivity index (χ4n) is 2.64. The molecule has 3 atom stereocenters. The summed E-state index contributed by atoms with van der Waals surface area (Å²) in [7, 11) is 0. The van der Waals surface area contributed by atoms with Crippen molar-refractivity contribution in [3.63, 3.8) is 0 Å². The lowest BCUT2D eigenvalue weighted by Gasteiger charge is -2.28. The second-order valence-electron chi connectivity index (χ2n) is 5.85. The van der Waals surface area contributed by atoms with Crippen LogP contribution in [-0.4, -0.2) is 23.8 Å². The zero-order valence-corrected chi connectivity index (χ0v) is 12.5. The van der Waals surface area contributed by atoms with E-state index >= 15 is 0 Å². The van der Waals surface area contributed by atoms with Gasteiger partial charge < -0.3 is 15.7 Å². The Bertz CT molecular complexity index is 507. The Morgan fingerprint density at radius 2 is 2.24 bits per heavy atom. The van der Waals surface area contributed by atoms with Gasteiger partial charge in [0, 0.05) is 12.6 Å². The summed E-state index contributed by atoms with van der Waals surface area (Å²) in [5.41, 5.74) is 1.98. The maximum absolute atomic E-state index is 13.3. The zero-order valence-electron chi connectivity index (χ0n) is 12.5. The number of hydrogen-bond donors (Lipinski definition) is 3. The van der Waals surface area contributed by atoms with Gasteiger partial charge in [0.2, 0.25) is 0 Å². The Morgan fingerprint density at radius 3 is 2.95 bits per heavy atom. The fraction of sp³-hybridized carbons (Fsp3) is 0.562. The summed E-state index contributed by atoms with van der Waals surface area (Å²) in [6.07, 6.45) is 2.64. The Hall–Kier alpha value is -1.62. The normalized spacial score (nSPS) is 20.3. The third-order valence-corrected chi connectivity index (χ3v) is 4.22. The number of nitrogens with one attached hydrogen (secondary N) is 2. The highest BCUT2D eigenvalue weighted by molar-refractivity contribution is 5.74. The van der Waals surface area contributed by atoms with Crippen LogP contribution in [0.15, 0.2) is 18.2 Å². The van der Waals surface area contributed by atoms with Gasteiger partial charge in [0.15, 0.2) is 0 Å². The topological polar surface area (TPSA) is 61.4 Å². The number of carbonyl (C=O) groups is 1. The molecule has 21 heavy (non-hydrogen) atoms. The van der Waals surface area contributed by atoms with E-state index in [9.17, 15) is 9.18 Å². The largest absolute Gasteiger partial charge is 0.396 e. The Morgan fingerprint density at radius 1 is 1.48 bits per heavy atom. The van der Waals surface area contributed by atoms with Crippen LogP contribution in [0.2, 0.25) is 0 Å². The molecular formula is C16H23FN2O2. The van der Waals surface area contributed by atoms with E-state index < -0.39 is 0 Å². The smallest absolute Gasteiger partial charge is 0.315 e. The monoisotopic (exact) mass is 294 g/mol. The molecule has 0 spiro atoms. The Labute approximate surface area is 124 Å². The van der Waals surface area contributed by atoms with Crippen molar-refractivity contribution >= 4 is 6.03 Å². The van der Waals surface area contributed by atoms with Crippen molar-refractivity contribution in [1.82, 2.24) is 10.6 Å². The van der Waals surface area contributed by atoms with Gasteiger partial charge in [-0.15, -0.1) is 0 Å². The van der Waals surface area contributed by atoms with Crippen LogP contribution in [0.4, 0.5) is 9.18 Å². The predicted molar refractivity (Wildman–Crippen MR) is 79.5 cm³/mol. The summed E-state index contributed by atoms with van der Waals surface area (Å²) in [4.78, 5) is 12.0. The number of amides is 2. The summed E-state index contributed by atoms with van der Waals surface area (Å²) in [6.45, 7) is 3.78. The van der Waals surface area contributed by atoms with Crippen molar-refractivity contribution in [3.8, 4) is 0 Å². The Kier molecular flexibility index (Phi) is 5.17. The van der Waals surface area contributed by atoms with E-state index in [4.69, 9.17) is 5.11 Å². The minimum atomic E-state index is -0.245. The minimum Gasteiger partial charge on any atom is -0.396 e. The number of fused-ring (bicyclic) bond motifs is 1. The van der Waals surface area contributed by atoms with Gasteiger partial charge in [-0.05, 0) is 55.4 Å². The molecule has 1 aliphatic rings. The van der Waals surface area contributed by atoms with E-state index in [2.05, 4.69) is 10.6 Å². The lowest BCUT2D eigenvalue weighted by atomic mass is 9.87. The van der Waals surface area contributed by atoms with Crippen LogP contribution in [0.5, 0.6) is 0 Å². The number of carbonyl (C=O) groups excluding carboxylic acids is 1. The molecule has 0 aromatic heterocycles. The van der Waals surface area contributed by atoms with Crippen molar-refractivity contribution in [1.29, 1.82) is 0 Å². The zero-order chi connectivity index (χ0) is 15.4. The fourth-order valence-corrected chi connectivity index (χ4v) is 2.64. The molecule has 0 heterocycles. The number of aliphatic hydroxyl groups is 1. The van der Waals surface area contributed by atoms with Crippen molar-refractivity contribution in [2.24, 2.45) is 5.92 Å². The minimum absolute atomic E-state index is 0.00323. The van der Waals surface area contributed by atoms with Crippen LogP contribution >= 0.6 is 0 Å². The molecule has 2 amide bonds. The third-order valence-electron chi connectivity index (χ3n) is 4.22. The highest BCUT2D eigenvalue weighted by Crippen LogP contribution is 2.30. The number of halogens is 1. The first kappa shape index (κ1) is 15.8. The lowest BCUT2D eigenvalue weighted by Crippen LogP contribution is -2.45. The standard InChI is InChI=1S/C16H23FN2O2/c1-10(9-20)11(2)18-16(21)19-15-5-3-4-12-8-13(17)6-7-14(12)15/h6-8,10-11,15,20H,3-5,9H2,1-2H3,(H2,18,19,21). The number of benzene rings is 1. The maximum Gasteiger partial charge on any atom is 0.315 e. The summed E-state index contributed by atoms with van der Waals surface area (Å²) in [5.74, 6) is -0.229. The molecule has 1 aliphatic carbocycles. The van der Waals surface area contributed by atoms with Gasteiger partial charge in [0.1, 0.15) is 5.82 Å². The molecule has 1 aromatic carbocycles. The van der Waals surface area contributed by atoms with Gasteiger partial charge in [-0.25, -0.2) is 9.18 Å². The summed E-state index contributed by atoms with van der Waals surface area (Å²) in [6, 6.07) is 4.32. The number of urea groups is 1. The van der Waals surface area contributed by atoms with Crippen LogP contribution in [0.25, 0.3) is 0 Å². The van der Waals surface area contributed by atoms with E-state index in [-0.39, 0.29) is 36.5 Å². The first-order valence-electron chi connectivity index (χ1n) is 7.47. The summed E-state index contributed by atoms with van der Waals surface area (Å²) >= 11 is 0.